The summed E-state index contributed by atoms with van der Waals surface area (Å²) in [6, 6.07) is 13.8. The van der Waals surface area contributed by atoms with E-state index in [9.17, 15) is 19.7 Å². The minimum Gasteiger partial charge on any atom is -0.489 e. The molecule has 0 spiro atoms. The molecule has 1 N–H and O–H groups in total. The van der Waals surface area contributed by atoms with Crippen LogP contribution in [0.2, 0.25) is 0 Å². The number of non-ortho nitro benzene ring substituents is 1. The third-order valence-electron chi connectivity index (χ3n) is 5.33. The van der Waals surface area contributed by atoms with E-state index in [2.05, 4.69) is 10.3 Å². The molecule has 2 aromatic carbocycles. The largest absolute Gasteiger partial charge is 0.489 e. The highest BCUT2D eigenvalue weighted by atomic mass is 16.6. The average molecular weight is 493 g/mol. The summed E-state index contributed by atoms with van der Waals surface area (Å²) in [5.74, 6) is -0.240. The van der Waals surface area contributed by atoms with Gasteiger partial charge in [-0.05, 0) is 45.2 Å². The Labute approximate surface area is 208 Å². The maximum atomic E-state index is 13.3. The van der Waals surface area contributed by atoms with Crippen molar-refractivity contribution >= 4 is 17.5 Å². The van der Waals surface area contributed by atoms with Crippen LogP contribution in [0.1, 0.15) is 39.2 Å². The van der Waals surface area contributed by atoms with Gasteiger partial charge < -0.3 is 14.8 Å². The van der Waals surface area contributed by atoms with Crippen molar-refractivity contribution in [1.29, 1.82) is 0 Å². The minimum atomic E-state index is -0.743. The number of carbonyl (C=O) groups excluding carboxylic acids is 1. The lowest BCUT2D eigenvalue weighted by Crippen LogP contribution is -2.33. The van der Waals surface area contributed by atoms with E-state index < -0.39 is 22.1 Å². The number of benzene rings is 2. The number of hydrogen-bond donors (Lipinski definition) is 1. The summed E-state index contributed by atoms with van der Waals surface area (Å²) in [5.41, 5.74) is -0.0218. The van der Waals surface area contributed by atoms with Gasteiger partial charge in [-0.15, -0.1) is 0 Å². The number of aromatic nitrogens is 2. The molecule has 36 heavy (non-hydrogen) atoms. The van der Waals surface area contributed by atoms with Crippen molar-refractivity contribution in [1.82, 2.24) is 9.55 Å². The summed E-state index contributed by atoms with van der Waals surface area (Å²) < 4.78 is 12.5. The molecule has 0 aliphatic heterocycles. The quantitative estimate of drug-likeness (QED) is 0.266. The summed E-state index contributed by atoms with van der Waals surface area (Å²) >= 11 is 0. The first-order valence-corrected chi connectivity index (χ1v) is 11.6. The number of esters is 1. The second-order valence-corrected chi connectivity index (χ2v) is 9.64. The molecule has 1 aliphatic carbocycles. The van der Waals surface area contributed by atoms with Gasteiger partial charge in [0.15, 0.2) is 5.82 Å². The van der Waals surface area contributed by atoms with Crippen LogP contribution in [-0.4, -0.2) is 32.1 Å². The number of nitro benzene ring substituents is 1. The van der Waals surface area contributed by atoms with Crippen LogP contribution in [0.3, 0.4) is 0 Å². The molecule has 0 unspecified atom stereocenters. The Morgan fingerprint density at radius 2 is 1.92 bits per heavy atom. The predicted octanol–water partition coefficient (Wildman–Crippen LogP) is 4.31. The predicted molar refractivity (Wildman–Crippen MR) is 134 cm³/mol. The van der Waals surface area contributed by atoms with Crippen LogP contribution in [0.5, 0.6) is 5.75 Å². The maximum Gasteiger partial charge on any atom is 0.326 e. The Bertz CT molecular complexity index is 1330. The zero-order valence-corrected chi connectivity index (χ0v) is 20.4. The molecule has 0 amide bonds. The Morgan fingerprint density at radius 3 is 2.56 bits per heavy atom. The van der Waals surface area contributed by atoms with E-state index in [1.807, 2.05) is 30.3 Å². The molecule has 1 aromatic heterocycles. The van der Waals surface area contributed by atoms with E-state index in [1.54, 1.807) is 26.8 Å². The van der Waals surface area contributed by atoms with Gasteiger partial charge in [-0.25, -0.2) is 4.98 Å². The van der Waals surface area contributed by atoms with Gasteiger partial charge in [0, 0.05) is 17.7 Å². The number of nitrogens with one attached hydrogen (secondary N) is 1. The van der Waals surface area contributed by atoms with Crippen LogP contribution < -0.4 is 15.6 Å². The number of ether oxygens (including phenoxy) is 2. The molecule has 0 radical (unpaired) electrons. The van der Waals surface area contributed by atoms with Crippen molar-refractivity contribution in [2.24, 2.45) is 0 Å². The van der Waals surface area contributed by atoms with Crippen LogP contribution in [0.25, 0.3) is 11.3 Å². The standard InChI is InChI=1S/C26H28N4O6/c1-26(2,3)36-23(31)15-29-22(14-27-24(25(29)32)28-19-9-10-19)18-11-20(30(33)34)13-21(12-18)35-16-17-7-5-4-6-8-17/h4-8,11-14,19H,9-10,15-16H2,1-3H3,(H,27,28). The zero-order chi connectivity index (χ0) is 25.9. The number of nitrogens with zero attached hydrogens (tertiary/aromatic N) is 3. The highest BCUT2D eigenvalue weighted by Crippen LogP contribution is 2.30. The monoisotopic (exact) mass is 492 g/mol. The topological polar surface area (TPSA) is 126 Å². The first kappa shape index (κ1) is 24.9. The second-order valence-electron chi connectivity index (χ2n) is 9.64. The molecule has 0 atom stereocenters. The normalized spacial score (nSPS) is 13.2. The van der Waals surface area contributed by atoms with Crippen LogP contribution >= 0.6 is 0 Å². The molecule has 10 heteroatoms. The van der Waals surface area contributed by atoms with Crippen LogP contribution in [0, 0.1) is 10.1 Å². The molecule has 4 rings (SSSR count). The summed E-state index contributed by atoms with van der Waals surface area (Å²) in [4.78, 5) is 41.4. The van der Waals surface area contributed by atoms with E-state index in [1.165, 1.54) is 22.9 Å². The SMILES string of the molecule is CC(C)(C)OC(=O)Cn1c(-c2cc(OCc3ccccc3)cc([N+](=O)[O-])c2)cnc(NC2CC2)c1=O. The number of carbonyl (C=O) groups is 1. The van der Waals surface area contributed by atoms with E-state index in [0.29, 0.717) is 5.56 Å². The summed E-state index contributed by atoms with van der Waals surface area (Å²) in [5, 5.41) is 14.7. The van der Waals surface area contributed by atoms with E-state index in [0.717, 1.165) is 18.4 Å². The molecule has 10 nitrogen and oxygen atoms in total. The Kier molecular flexibility index (Phi) is 7.05. The number of anilines is 1. The fourth-order valence-electron chi connectivity index (χ4n) is 3.56. The molecular formula is C26H28N4O6. The Balaban J connectivity index is 1.74. The van der Waals surface area contributed by atoms with Crippen molar-refractivity contribution in [2.75, 3.05) is 5.32 Å². The van der Waals surface area contributed by atoms with Gasteiger partial charge in [-0.1, -0.05) is 30.3 Å². The van der Waals surface area contributed by atoms with Gasteiger partial charge in [-0.3, -0.25) is 24.3 Å². The van der Waals surface area contributed by atoms with Crippen molar-refractivity contribution in [2.45, 2.75) is 58.4 Å². The van der Waals surface area contributed by atoms with Gasteiger partial charge in [0.2, 0.25) is 0 Å². The highest BCUT2D eigenvalue weighted by Gasteiger charge is 2.25. The molecule has 188 valence electrons. The summed E-state index contributed by atoms with van der Waals surface area (Å²) in [6.45, 7) is 5.03. The lowest BCUT2D eigenvalue weighted by Gasteiger charge is -2.21. The summed E-state index contributed by atoms with van der Waals surface area (Å²) in [7, 11) is 0. The molecule has 0 saturated heterocycles. The molecule has 3 aromatic rings. The van der Waals surface area contributed by atoms with Gasteiger partial charge in [0.05, 0.1) is 22.9 Å². The van der Waals surface area contributed by atoms with Crippen molar-refractivity contribution in [3.8, 4) is 17.0 Å². The summed E-state index contributed by atoms with van der Waals surface area (Å²) in [6.07, 6.45) is 3.29. The molecule has 1 aliphatic rings. The van der Waals surface area contributed by atoms with Crippen molar-refractivity contribution < 1.29 is 19.2 Å². The van der Waals surface area contributed by atoms with E-state index >= 15 is 0 Å². The van der Waals surface area contributed by atoms with Crippen molar-refractivity contribution in [3.63, 3.8) is 0 Å². The fourth-order valence-corrected chi connectivity index (χ4v) is 3.56. The van der Waals surface area contributed by atoms with Gasteiger partial charge in [0.1, 0.15) is 24.5 Å². The molecular weight excluding hydrogens is 464 g/mol. The third-order valence-corrected chi connectivity index (χ3v) is 5.33. The minimum absolute atomic E-state index is 0.121. The van der Waals surface area contributed by atoms with Crippen LogP contribution in [0.4, 0.5) is 11.5 Å². The zero-order valence-electron chi connectivity index (χ0n) is 20.4. The number of nitro groups is 1. The van der Waals surface area contributed by atoms with Crippen molar-refractivity contribution in [3.05, 3.63) is 80.8 Å². The first-order valence-electron chi connectivity index (χ1n) is 11.6. The lowest BCUT2D eigenvalue weighted by molar-refractivity contribution is -0.384. The van der Waals surface area contributed by atoms with Gasteiger partial charge in [-0.2, -0.15) is 0 Å². The van der Waals surface area contributed by atoms with Gasteiger partial charge in [0.25, 0.3) is 11.2 Å². The van der Waals surface area contributed by atoms with E-state index in [-0.39, 0.29) is 42.1 Å². The van der Waals surface area contributed by atoms with Crippen LogP contribution in [-0.2, 0) is 22.7 Å². The number of hydrogen-bond acceptors (Lipinski definition) is 8. The second kappa shape index (κ2) is 10.2. The maximum absolute atomic E-state index is 13.3. The smallest absolute Gasteiger partial charge is 0.326 e. The molecule has 1 heterocycles. The number of rotatable bonds is 9. The molecule has 0 bridgehead atoms. The lowest BCUT2D eigenvalue weighted by atomic mass is 10.1. The third kappa shape index (κ3) is 6.47. The Morgan fingerprint density at radius 1 is 1.19 bits per heavy atom. The molecule has 1 fully saturated rings. The van der Waals surface area contributed by atoms with Gasteiger partial charge >= 0.3 is 5.97 Å². The average Bonchev–Trinajstić information content (AvgIpc) is 3.64. The van der Waals surface area contributed by atoms with E-state index in [4.69, 9.17) is 9.47 Å². The Hall–Kier alpha value is -4.21. The fraction of sp³-hybridized carbons (Fsp3) is 0.346. The van der Waals surface area contributed by atoms with Crippen LogP contribution in [0.15, 0.2) is 59.5 Å². The molecule has 1 saturated carbocycles. The first-order chi connectivity index (χ1) is 17.1. The highest BCUT2D eigenvalue weighted by molar-refractivity contribution is 5.72.